The molecular weight excluding hydrogens is 382 g/mol. The number of carbonyl (C=O) groups is 3. The van der Waals surface area contributed by atoms with Gasteiger partial charge in [0.15, 0.2) is 12.4 Å². The fourth-order valence-electron chi connectivity index (χ4n) is 2.36. The second kappa shape index (κ2) is 10.2. The summed E-state index contributed by atoms with van der Waals surface area (Å²) in [6.45, 7) is 9.49. The van der Waals surface area contributed by atoms with Crippen molar-refractivity contribution in [1.29, 1.82) is 0 Å². The Kier molecular flexibility index (Phi) is 7.89. The van der Waals surface area contributed by atoms with Crippen molar-refractivity contribution in [1.82, 2.24) is 0 Å². The molecule has 0 saturated heterocycles. The number of benzene rings is 2. The van der Waals surface area contributed by atoms with Crippen LogP contribution in [0.25, 0.3) is 0 Å². The van der Waals surface area contributed by atoms with Gasteiger partial charge in [0.1, 0.15) is 0 Å². The number of esters is 1. The standard InChI is InChI=1S/C24H29NO5/c1-16(2)29-14-17-6-8-19(9-7-17)22(27)30-15-21(26)18-10-12-20(13-11-18)25-23(28)24(3,4)5/h6-13,16H,14-15H2,1-5H3,(H,25,28). The van der Waals surface area contributed by atoms with Gasteiger partial charge in [-0.05, 0) is 55.8 Å². The molecule has 30 heavy (non-hydrogen) atoms. The first-order chi connectivity index (χ1) is 14.1. The zero-order chi connectivity index (χ0) is 22.3. The van der Waals surface area contributed by atoms with Crippen LogP contribution in [0.15, 0.2) is 48.5 Å². The van der Waals surface area contributed by atoms with Crippen molar-refractivity contribution in [3.8, 4) is 0 Å². The number of carbonyl (C=O) groups excluding carboxylic acids is 3. The maximum atomic E-state index is 12.3. The van der Waals surface area contributed by atoms with Crippen LogP contribution in [0.4, 0.5) is 5.69 Å². The lowest BCUT2D eigenvalue weighted by Crippen LogP contribution is -2.27. The van der Waals surface area contributed by atoms with Gasteiger partial charge in [0.2, 0.25) is 5.91 Å². The van der Waals surface area contributed by atoms with E-state index in [-0.39, 0.29) is 24.4 Å². The Balaban J connectivity index is 1.87. The van der Waals surface area contributed by atoms with Crippen LogP contribution in [0, 0.1) is 5.41 Å². The van der Waals surface area contributed by atoms with Crippen molar-refractivity contribution in [2.45, 2.75) is 47.3 Å². The molecule has 0 fully saturated rings. The molecule has 0 unspecified atom stereocenters. The van der Waals surface area contributed by atoms with Crippen molar-refractivity contribution >= 4 is 23.3 Å². The van der Waals surface area contributed by atoms with E-state index < -0.39 is 11.4 Å². The Morgan fingerprint density at radius 2 is 1.47 bits per heavy atom. The average molecular weight is 411 g/mol. The van der Waals surface area contributed by atoms with Gasteiger partial charge < -0.3 is 14.8 Å². The highest BCUT2D eigenvalue weighted by atomic mass is 16.5. The van der Waals surface area contributed by atoms with Crippen molar-refractivity contribution in [2.24, 2.45) is 5.41 Å². The first-order valence-corrected chi connectivity index (χ1v) is 9.88. The lowest BCUT2D eigenvalue weighted by atomic mass is 9.95. The Bertz CT molecular complexity index is 877. The fourth-order valence-corrected chi connectivity index (χ4v) is 2.36. The molecule has 1 N–H and O–H groups in total. The minimum atomic E-state index is -0.561. The largest absolute Gasteiger partial charge is 0.454 e. The fraction of sp³-hybridized carbons (Fsp3) is 0.375. The van der Waals surface area contributed by atoms with E-state index in [1.807, 2.05) is 34.6 Å². The van der Waals surface area contributed by atoms with Gasteiger partial charge in [-0.3, -0.25) is 9.59 Å². The Morgan fingerprint density at radius 3 is 2.00 bits per heavy atom. The topological polar surface area (TPSA) is 81.7 Å². The van der Waals surface area contributed by atoms with Crippen LogP contribution in [0.2, 0.25) is 0 Å². The van der Waals surface area contributed by atoms with Crippen LogP contribution in [-0.2, 0) is 20.9 Å². The number of rotatable bonds is 8. The van der Waals surface area contributed by atoms with Gasteiger partial charge in [-0.2, -0.15) is 0 Å². The molecule has 0 heterocycles. The summed E-state index contributed by atoms with van der Waals surface area (Å²) in [4.78, 5) is 36.5. The third-order valence-corrected chi connectivity index (χ3v) is 4.25. The molecule has 0 spiro atoms. The SMILES string of the molecule is CC(C)OCc1ccc(C(=O)OCC(=O)c2ccc(NC(=O)C(C)(C)C)cc2)cc1. The van der Waals surface area contributed by atoms with Gasteiger partial charge >= 0.3 is 5.97 Å². The number of ketones is 1. The highest BCUT2D eigenvalue weighted by Gasteiger charge is 2.21. The molecule has 6 heteroatoms. The molecule has 0 saturated carbocycles. The second-order valence-corrected chi connectivity index (χ2v) is 8.34. The predicted octanol–water partition coefficient (Wildman–Crippen LogP) is 4.64. The number of nitrogens with one attached hydrogen (secondary N) is 1. The predicted molar refractivity (Wildman–Crippen MR) is 116 cm³/mol. The molecule has 0 aromatic heterocycles. The van der Waals surface area contributed by atoms with Crippen molar-refractivity contribution in [2.75, 3.05) is 11.9 Å². The van der Waals surface area contributed by atoms with Crippen LogP contribution < -0.4 is 5.32 Å². The molecule has 160 valence electrons. The molecule has 1 amide bonds. The number of amides is 1. The molecule has 0 atom stereocenters. The number of ether oxygens (including phenoxy) is 2. The normalized spacial score (nSPS) is 11.3. The Labute approximate surface area is 177 Å². The maximum absolute atomic E-state index is 12.3. The maximum Gasteiger partial charge on any atom is 0.338 e. The van der Waals surface area contributed by atoms with Crippen molar-refractivity contribution in [3.63, 3.8) is 0 Å². The highest BCUT2D eigenvalue weighted by Crippen LogP contribution is 2.18. The highest BCUT2D eigenvalue weighted by molar-refractivity contribution is 6.00. The molecule has 0 aliphatic heterocycles. The Hall–Kier alpha value is -2.99. The first kappa shape index (κ1) is 23.3. The zero-order valence-electron chi connectivity index (χ0n) is 18.2. The van der Waals surface area contributed by atoms with Crippen LogP contribution >= 0.6 is 0 Å². The molecule has 2 aromatic rings. The summed E-state index contributed by atoms with van der Waals surface area (Å²) >= 11 is 0. The van der Waals surface area contributed by atoms with Crippen LogP contribution in [0.5, 0.6) is 0 Å². The van der Waals surface area contributed by atoms with Gasteiger partial charge in [-0.15, -0.1) is 0 Å². The van der Waals surface area contributed by atoms with Crippen LogP contribution in [0.1, 0.15) is 60.9 Å². The van der Waals surface area contributed by atoms with E-state index in [1.165, 1.54) is 0 Å². The van der Waals surface area contributed by atoms with E-state index >= 15 is 0 Å². The number of hydrogen-bond donors (Lipinski definition) is 1. The number of anilines is 1. The first-order valence-electron chi connectivity index (χ1n) is 9.88. The van der Waals surface area contributed by atoms with Gasteiger partial charge in [-0.1, -0.05) is 32.9 Å². The van der Waals surface area contributed by atoms with E-state index in [2.05, 4.69) is 5.32 Å². The minimum absolute atomic E-state index is 0.114. The summed E-state index contributed by atoms with van der Waals surface area (Å²) in [6, 6.07) is 13.4. The monoisotopic (exact) mass is 411 g/mol. The quantitative estimate of drug-likeness (QED) is 0.506. The summed E-state index contributed by atoms with van der Waals surface area (Å²) in [5.41, 5.74) is 1.82. The smallest absolute Gasteiger partial charge is 0.338 e. The van der Waals surface area contributed by atoms with Gasteiger partial charge in [0.25, 0.3) is 0 Å². The molecule has 0 radical (unpaired) electrons. The summed E-state index contributed by atoms with van der Waals surface area (Å²) in [5.74, 6) is -0.995. The van der Waals surface area contributed by atoms with Crippen LogP contribution in [0.3, 0.4) is 0 Å². The summed E-state index contributed by atoms with van der Waals surface area (Å²) in [5, 5.41) is 2.79. The molecule has 2 aromatic carbocycles. The van der Waals surface area contributed by atoms with Crippen LogP contribution in [-0.4, -0.2) is 30.4 Å². The lowest BCUT2D eigenvalue weighted by molar-refractivity contribution is -0.123. The van der Waals surface area contributed by atoms with Gasteiger partial charge in [0, 0.05) is 16.7 Å². The van der Waals surface area contributed by atoms with E-state index in [1.54, 1.807) is 48.5 Å². The minimum Gasteiger partial charge on any atom is -0.454 e. The van der Waals surface area contributed by atoms with E-state index in [4.69, 9.17) is 9.47 Å². The number of Topliss-reactive ketones (excluding diaryl/α,β-unsaturated/α-hetero) is 1. The molecule has 0 bridgehead atoms. The number of hydrogen-bond acceptors (Lipinski definition) is 5. The van der Waals surface area contributed by atoms with Gasteiger partial charge in [0.05, 0.1) is 18.3 Å². The average Bonchev–Trinajstić information content (AvgIpc) is 2.70. The van der Waals surface area contributed by atoms with Crippen molar-refractivity contribution in [3.05, 3.63) is 65.2 Å². The zero-order valence-corrected chi connectivity index (χ0v) is 18.2. The molecule has 0 aliphatic rings. The third-order valence-electron chi connectivity index (χ3n) is 4.25. The second-order valence-electron chi connectivity index (χ2n) is 8.34. The summed E-state index contributed by atoms with van der Waals surface area (Å²) < 4.78 is 10.7. The summed E-state index contributed by atoms with van der Waals surface area (Å²) in [6.07, 6.45) is 0.129. The third kappa shape index (κ3) is 7.12. The Morgan fingerprint density at radius 1 is 0.900 bits per heavy atom. The molecule has 2 rings (SSSR count). The summed E-state index contributed by atoms with van der Waals surface area (Å²) in [7, 11) is 0. The van der Waals surface area contributed by atoms with Gasteiger partial charge in [-0.25, -0.2) is 4.79 Å². The lowest BCUT2D eigenvalue weighted by Gasteiger charge is -2.17. The molecule has 6 nitrogen and oxygen atoms in total. The van der Waals surface area contributed by atoms with Crippen molar-refractivity contribution < 1.29 is 23.9 Å². The van der Waals surface area contributed by atoms with E-state index in [9.17, 15) is 14.4 Å². The molecule has 0 aliphatic carbocycles. The van der Waals surface area contributed by atoms with E-state index in [0.29, 0.717) is 23.4 Å². The molecular formula is C24H29NO5. The van der Waals surface area contributed by atoms with E-state index in [0.717, 1.165) is 5.56 Å².